The first-order valence-corrected chi connectivity index (χ1v) is 11.9. The number of hydrogen-bond acceptors (Lipinski definition) is 3. The van der Waals surface area contributed by atoms with Gasteiger partial charge in [-0.15, -0.1) is 0 Å². The summed E-state index contributed by atoms with van der Waals surface area (Å²) in [5.41, 5.74) is 5.15. The summed E-state index contributed by atoms with van der Waals surface area (Å²) in [4.78, 5) is 7.63. The van der Waals surface area contributed by atoms with Crippen LogP contribution in [0.1, 0.15) is 43.4 Å². The first-order chi connectivity index (χ1) is 15.8. The molecule has 2 aromatic carbocycles. The van der Waals surface area contributed by atoms with Crippen molar-refractivity contribution >= 4 is 10.9 Å². The van der Waals surface area contributed by atoms with Crippen LogP contribution in [-0.4, -0.2) is 33.7 Å². The van der Waals surface area contributed by atoms with E-state index in [9.17, 15) is 0 Å². The zero-order valence-electron chi connectivity index (χ0n) is 18.8. The van der Waals surface area contributed by atoms with Crippen LogP contribution in [0.5, 0.6) is 0 Å². The number of aromatic amines is 1. The largest absolute Gasteiger partial charge is 0.361 e. The van der Waals surface area contributed by atoms with Crippen molar-refractivity contribution in [1.82, 2.24) is 25.2 Å². The number of nitrogens with zero attached hydrogens (tertiary/aromatic N) is 2. The second-order valence-corrected chi connectivity index (χ2v) is 9.06. The number of aromatic nitrogens is 3. The maximum Gasteiger partial charge on any atom is 0.0991 e. The highest BCUT2D eigenvalue weighted by Crippen LogP contribution is 2.26. The minimum Gasteiger partial charge on any atom is -0.361 e. The Morgan fingerprint density at radius 2 is 2.09 bits per heavy atom. The summed E-state index contributed by atoms with van der Waals surface area (Å²) in [5.74, 6) is 0.668. The monoisotopic (exact) mass is 427 g/mol. The Balaban J connectivity index is 1.22. The molecule has 5 heteroatoms. The summed E-state index contributed by atoms with van der Waals surface area (Å²) < 4.78 is 2.06. The van der Waals surface area contributed by atoms with Gasteiger partial charge in [-0.2, -0.15) is 0 Å². The van der Waals surface area contributed by atoms with E-state index < -0.39 is 0 Å². The number of imidazole rings is 1. The van der Waals surface area contributed by atoms with Gasteiger partial charge in [-0.05, 0) is 80.9 Å². The van der Waals surface area contributed by atoms with Crippen molar-refractivity contribution in [1.29, 1.82) is 0 Å². The van der Waals surface area contributed by atoms with Crippen LogP contribution in [0, 0.1) is 5.92 Å². The Kier molecular flexibility index (Phi) is 6.37. The van der Waals surface area contributed by atoms with Gasteiger partial charge in [0.25, 0.3) is 0 Å². The number of rotatable bonds is 8. The molecule has 3 atom stereocenters. The number of piperidine rings is 1. The molecule has 1 aliphatic rings. The Bertz CT molecular complexity index is 1120. The molecule has 2 unspecified atom stereocenters. The molecule has 1 fully saturated rings. The molecular weight excluding hydrogens is 394 g/mol. The lowest BCUT2D eigenvalue weighted by atomic mass is 9.87. The topological polar surface area (TPSA) is 57.7 Å². The van der Waals surface area contributed by atoms with Gasteiger partial charge in [-0.25, -0.2) is 4.98 Å². The number of aryl methyl sites for hydroxylation is 1. The van der Waals surface area contributed by atoms with E-state index in [1.807, 2.05) is 18.7 Å². The molecule has 3 N–H and O–H groups in total. The fourth-order valence-corrected chi connectivity index (χ4v) is 5.11. The minimum atomic E-state index is 0.386. The van der Waals surface area contributed by atoms with E-state index in [1.54, 1.807) is 0 Å². The number of benzene rings is 2. The summed E-state index contributed by atoms with van der Waals surface area (Å²) in [6, 6.07) is 18.3. The molecule has 0 bridgehead atoms. The van der Waals surface area contributed by atoms with Crippen LogP contribution in [0.4, 0.5) is 0 Å². The summed E-state index contributed by atoms with van der Waals surface area (Å²) in [5, 5.41) is 8.87. The fourth-order valence-electron chi connectivity index (χ4n) is 5.11. The van der Waals surface area contributed by atoms with E-state index in [-0.39, 0.29) is 0 Å². The predicted octanol–water partition coefficient (Wildman–Crippen LogP) is 5.01. The van der Waals surface area contributed by atoms with Crippen molar-refractivity contribution in [2.75, 3.05) is 13.1 Å². The molecule has 0 radical (unpaired) electrons. The van der Waals surface area contributed by atoms with Gasteiger partial charge in [-0.1, -0.05) is 30.3 Å². The van der Waals surface area contributed by atoms with Crippen molar-refractivity contribution in [2.24, 2.45) is 5.92 Å². The fraction of sp³-hybridized carbons (Fsp3) is 0.370. The lowest BCUT2D eigenvalue weighted by molar-refractivity contribution is 0.246. The molecule has 0 amide bonds. The zero-order chi connectivity index (χ0) is 21.8. The number of H-pyrrole nitrogens is 1. The van der Waals surface area contributed by atoms with Gasteiger partial charge in [-0.3, -0.25) is 0 Å². The highest BCUT2D eigenvalue weighted by atomic mass is 15.0. The maximum absolute atomic E-state index is 4.18. The van der Waals surface area contributed by atoms with E-state index in [0.717, 1.165) is 25.2 Å². The molecule has 0 spiro atoms. The number of fused-ring (bicyclic) bond motifs is 1. The van der Waals surface area contributed by atoms with Gasteiger partial charge < -0.3 is 20.2 Å². The number of hydrogen-bond donors (Lipinski definition) is 3. The van der Waals surface area contributed by atoms with E-state index in [4.69, 9.17) is 0 Å². The lowest BCUT2D eigenvalue weighted by Gasteiger charge is -2.35. The van der Waals surface area contributed by atoms with E-state index in [2.05, 4.69) is 86.8 Å². The first-order valence-electron chi connectivity index (χ1n) is 11.9. The van der Waals surface area contributed by atoms with Crippen LogP contribution in [0.3, 0.4) is 0 Å². The van der Waals surface area contributed by atoms with Gasteiger partial charge in [0.15, 0.2) is 0 Å². The van der Waals surface area contributed by atoms with Crippen molar-refractivity contribution < 1.29 is 0 Å². The molecule has 0 saturated carbocycles. The second-order valence-electron chi connectivity index (χ2n) is 9.06. The number of nitrogens with one attached hydrogen (secondary N) is 3. The maximum atomic E-state index is 4.18. The molecule has 2 aromatic heterocycles. The predicted molar refractivity (Wildman–Crippen MR) is 131 cm³/mol. The average molecular weight is 428 g/mol. The third kappa shape index (κ3) is 4.64. The van der Waals surface area contributed by atoms with Crippen molar-refractivity contribution in [3.8, 4) is 5.69 Å². The van der Waals surface area contributed by atoms with Crippen LogP contribution in [0.25, 0.3) is 16.6 Å². The van der Waals surface area contributed by atoms with Crippen LogP contribution in [0.2, 0.25) is 0 Å². The van der Waals surface area contributed by atoms with E-state index >= 15 is 0 Å². The smallest absolute Gasteiger partial charge is 0.0991 e. The zero-order valence-corrected chi connectivity index (χ0v) is 18.8. The van der Waals surface area contributed by atoms with Crippen LogP contribution in [0.15, 0.2) is 73.4 Å². The Labute approximate surface area is 190 Å². The first kappa shape index (κ1) is 21.0. The van der Waals surface area contributed by atoms with E-state index in [1.165, 1.54) is 41.3 Å². The van der Waals surface area contributed by atoms with Crippen molar-refractivity contribution in [3.05, 3.63) is 84.6 Å². The normalized spacial score (nSPS) is 19.9. The molecule has 3 heterocycles. The summed E-state index contributed by atoms with van der Waals surface area (Å²) in [7, 11) is 0. The van der Waals surface area contributed by atoms with Crippen LogP contribution >= 0.6 is 0 Å². The molecule has 0 aliphatic carbocycles. The van der Waals surface area contributed by atoms with Crippen LogP contribution in [-0.2, 0) is 6.42 Å². The average Bonchev–Trinajstić information content (AvgIpc) is 3.51. The summed E-state index contributed by atoms with van der Waals surface area (Å²) in [6.45, 7) is 4.51. The van der Waals surface area contributed by atoms with Crippen molar-refractivity contribution in [3.63, 3.8) is 0 Å². The molecule has 32 heavy (non-hydrogen) atoms. The Hall–Kier alpha value is -2.89. The highest BCUT2D eigenvalue weighted by molar-refractivity contribution is 5.85. The third-order valence-corrected chi connectivity index (χ3v) is 6.95. The quantitative estimate of drug-likeness (QED) is 0.371. The van der Waals surface area contributed by atoms with E-state index in [0.29, 0.717) is 18.0 Å². The minimum absolute atomic E-state index is 0.386. The Morgan fingerprint density at radius 3 is 2.94 bits per heavy atom. The summed E-state index contributed by atoms with van der Waals surface area (Å²) in [6.07, 6.45) is 12.6. The molecule has 1 saturated heterocycles. The lowest BCUT2D eigenvalue weighted by Crippen LogP contribution is -2.48. The van der Waals surface area contributed by atoms with Gasteiger partial charge >= 0.3 is 0 Å². The SMILES string of the molecule is CC(N[C@@H]1CCNCC1CCCc1c[nH]c2ccc(-n3ccnc3)cc12)c1ccccc1. The van der Waals surface area contributed by atoms with Gasteiger partial charge in [0.1, 0.15) is 0 Å². The van der Waals surface area contributed by atoms with Gasteiger partial charge in [0.05, 0.1) is 6.33 Å². The highest BCUT2D eigenvalue weighted by Gasteiger charge is 2.26. The van der Waals surface area contributed by atoms with Crippen molar-refractivity contribution in [2.45, 2.75) is 44.7 Å². The molecule has 4 aromatic rings. The second kappa shape index (κ2) is 9.72. The molecule has 5 nitrogen and oxygen atoms in total. The van der Waals surface area contributed by atoms with Crippen LogP contribution < -0.4 is 10.6 Å². The Morgan fingerprint density at radius 1 is 1.19 bits per heavy atom. The third-order valence-electron chi connectivity index (χ3n) is 6.95. The van der Waals surface area contributed by atoms with Gasteiger partial charge in [0.2, 0.25) is 0 Å². The van der Waals surface area contributed by atoms with Gasteiger partial charge in [0, 0.05) is 47.3 Å². The molecular formula is C27H33N5. The summed E-state index contributed by atoms with van der Waals surface area (Å²) >= 11 is 0. The molecule has 5 rings (SSSR count). The standard InChI is InChI=1S/C27H33N5/c1-20(21-6-3-2-4-7-21)31-26-12-13-28-17-23(26)9-5-8-22-18-30-27-11-10-24(16-25(22)27)32-15-14-29-19-32/h2-4,6-7,10-11,14-16,18-20,23,26,28,30-31H,5,8-9,12-13,17H2,1H3/t20?,23?,26-/m1/s1. The molecule has 166 valence electrons. The molecule has 1 aliphatic heterocycles.